The molecule has 7 heteroatoms. The first kappa shape index (κ1) is 21.0. The van der Waals surface area contributed by atoms with Gasteiger partial charge in [0.2, 0.25) is 0 Å². The Balaban J connectivity index is 1.56. The van der Waals surface area contributed by atoms with Crippen LogP contribution in [0.5, 0.6) is 0 Å². The van der Waals surface area contributed by atoms with Gasteiger partial charge >= 0.3 is 0 Å². The second-order valence-corrected chi connectivity index (χ2v) is 7.96. The fraction of sp³-hybridized carbons (Fsp3) is 0.417. The van der Waals surface area contributed by atoms with Crippen LogP contribution in [0.25, 0.3) is 11.4 Å². The molecule has 1 aliphatic rings. The molecular formula is C24H30N6O. The molecule has 7 nitrogen and oxygen atoms in total. The third-order valence-electron chi connectivity index (χ3n) is 5.95. The van der Waals surface area contributed by atoms with E-state index in [9.17, 15) is 4.79 Å². The van der Waals surface area contributed by atoms with Crippen molar-refractivity contribution < 1.29 is 4.79 Å². The lowest BCUT2D eigenvalue weighted by atomic mass is 10.1. The van der Waals surface area contributed by atoms with Gasteiger partial charge in [-0.25, -0.2) is 4.98 Å². The molecule has 0 atom stereocenters. The van der Waals surface area contributed by atoms with Crippen LogP contribution in [-0.2, 0) is 13.0 Å². The van der Waals surface area contributed by atoms with Crippen LogP contribution in [0.4, 0.5) is 11.5 Å². The van der Waals surface area contributed by atoms with E-state index in [1.54, 1.807) is 6.20 Å². The normalized spacial score (nSPS) is 13.4. The first-order chi connectivity index (χ1) is 15.1. The third kappa shape index (κ3) is 4.45. The molecule has 1 amide bonds. The molecular weight excluding hydrogens is 388 g/mol. The summed E-state index contributed by atoms with van der Waals surface area (Å²) in [7, 11) is 0. The molecule has 3 aromatic rings. The quantitative estimate of drug-likeness (QED) is 0.639. The fourth-order valence-electron chi connectivity index (χ4n) is 4.04. The highest BCUT2D eigenvalue weighted by molar-refractivity contribution is 6.04. The van der Waals surface area contributed by atoms with Crippen molar-refractivity contribution in [2.75, 3.05) is 23.3 Å². The van der Waals surface area contributed by atoms with E-state index < -0.39 is 0 Å². The van der Waals surface area contributed by atoms with E-state index >= 15 is 0 Å². The zero-order chi connectivity index (χ0) is 21.8. The molecule has 1 aliphatic heterocycles. The van der Waals surface area contributed by atoms with Gasteiger partial charge in [0, 0.05) is 43.5 Å². The van der Waals surface area contributed by atoms with Gasteiger partial charge in [0.15, 0.2) is 5.82 Å². The summed E-state index contributed by atoms with van der Waals surface area (Å²) in [5.74, 6) is 2.64. The molecule has 31 heavy (non-hydrogen) atoms. The van der Waals surface area contributed by atoms with Gasteiger partial charge in [0.1, 0.15) is 11.6 Å². The zero-order valence-electron chi connectivity index (χ0n) is 18.6. The van der Waals surface area contributed by atoms with Crippen molar-refractivity contribution in [2.24, 2.45) is 0 Å². The Morgan fingerprint density at radius 3 is 2.68 bits per heavy atom. The van der Waals surface area contributed by atoms with E-state index in [0.29, 0.717) is 5.56 Å². The van der Waals surface area contributed by atoms with Crippen LogP contribution in [-0.4, -0.2) is 38.7 Å². The Hall–Kier alpha value is -3.22. The Bertz CT molecular complexity index is 1050. The monoisotopic (exact) mass is 418 g/mol. The standard InChI is InChI=1S/C24H30N6O/c1-4-29(5-2)21-13-12-19(16-25-21)24(31)26-20-15-18(11-10-17(20)3)23-28-27-22-9-7-6-8-14-30(22)23/h10-13,15-16H,4-9,14H2,1-3H3,(H,26,31). The predicted octanol–water partition coefficient (Wildman–Crippen LogP) is 4.47. The van der Waals surface area contributed by atoms with Crippen molar-refractivity contribution in [2.45, 2.75) is 53.0 Å². The van der Waals surface area contributed by atoms with Crippen molar-refractivity contribution in [3.8, 4) is 11.4 Å². The number of hydrogen-bond acceptors (Lipinski definition) is 5. The number of fused-ring (bicyclic) bond motifs is 1. The van der Waals surface area contributed by atoms with Gasteiger partial charge in [0.05, 0.1) is 5.56 Å². The number of nitrogens with zero attached hydrogens (tertiary/aromatic N) is 5. The summed E-state index contributed by atoms with van der Waals surface area (Å²) in [5, 5.41) is 11.9. The van der Waals surface area contributed by atoms with Crippen LogP contribution >= 0.6 is 0 Å². The van der Waals surface area contributed by atoms with E-state index in [1.165, 1.54) is 6.42 Å². The highest BCUT2D eigenvalue weighted by atomic mass is 16.1. The minimum absolute atomic E-state index is 0.168. The maximum Gasteiger partial charge on any atom is 0.257 e. The number of benzene rings is 1. The molecule has 0 saturated carbocycles. The molecule has 0 fully saturated rings. The molecule has 0 saturated heterocycles. The summed E-state index contributed by atoms with van der Waals surface area (Å²) >= 11 is 0. The molecule has 0 unspecified atom stereocenters. The average molecular weight is 419 g/mol. The number of aromatic nitrogens is 4. The Kier molecular flexibility index (Phi) is 6.30. The summed E-state index contributed by atoms with van der Waals surface area (Å²) in [4.78, 5) is 19.5. The lowest BCUT2D eigenvalue weighted by molar-refractivity contribution is 0.102. The van der Waals surface area contributed by atoms with Crippen molar-refractivity contribution in [1.82, 2.24) is 19.7 Å². The average Bonchev–Trinajstić information content (AvgIpc) is 3.04. The van der Waals surface area contributed by atoms with Crippen molar-refractivity contribution >= 4 is 17.4 Å². The molecule has 2 aromatic heterocycles. The lowest BCUT2D eigenvalue weighted by Gasteiger charge is -2.19. The molecule has 0 aliphatic carbocycles. The molecule has 0 spiro atoms. The Morgan fingerprint density at radius 2 is 1.94 bits per heavy atom. The number of amides is 1. The largest absolute Gasteiger partial charge is 0.357 e. The number of carbonyl (C=O) groups is 1. The maximum atomic E-state index is 12.9. The molecule has 4 rings (SSSR count). The van der Waals surface area contributed by atoms with Crippen LogP contribution < -0.4 is 10.2 Å². The summed E-state index contributed by atoms with van der Waals surface area (Å²) in [5.41, 5.74) is 3.29. The van der Waals surface area contributed by atoms with Gasteiger partial charge in [-0.3, -0.25) is 4.79 Å². The van der Waals surface area contributed by atoms with Gasteiger partial charge in [-0.2, -0.15) is 0 Å². The number of nitrogens with one attached hydrogen (secondary N) is 1. The van der Waals surface area contributed by atoms with Crippen molar-refractivity contribution in [3.63, 3.8) is 0 Å². The van der Waals surface area contributed by atoms with E-state index in [1.807, 2.05) is 37.3 Å². The summed E-state index contributed by atoms with van der Waals surface area (Å²) in [6.07, 6.45) is 6.14. The number of pyridine rings is 1. The Morgan fingerprint density at radius 1 is 1.10 bits per heavy atom. The third-order valence-corrected chi connectivity index (χ3v) is 5.95. The van der Waals surface area contributed by atoms with Crippen LogP contribution in [0.2, 0.25) is 0 Å². The maximum absolute atomic E-state index is 12.9. The molecule has 0 radical (unpaired) electrons. The van der Waals surface area contributed by atoms with Crippen LogP contribution in [0.1, 0.15) is 54.9 Å². The number of anilines is 2. The van der Waals surface area contributed by atoms with Gasteiger partial charge < -0.3 is 14.8 Å². The molecule has 0 bridgehead atoms. The topological polar surface area (TPSA) is 75.9 Å². The molecule has 1 N–H and O–H groups in total. The van der Waals surface area contributed by atoms with Crippen molar-refractivity contribution in [3.05, 3.63) is 53.5 Å². The number of rotatable bonds is 6. The van der Waals surface area contributed by atoms with Gasteiger partial charge in [-0.05, 0) is 57.4 Å². The second kappa shape index (κ2) is 9.29. The molecule has 3 heterocycles. The minimum atomic E-state index is -0.168. The Labute approximate surface area is 183 Å². The smallest absolute Gasteiger partial charge is 0.257 e. The summed E-state index contributed by atoms with van der Waals surface area (Å²) in [6, 6.07) is 9.79. The van der Waals surface area contributed by atoms with Crippen molar-refractivity contribution in [1.29, 1.82) is 0 Å². The first-order valence-electron chi connectivity index (χ1n) is 11.2. The van der Waals surface area contributed by atoms with Gasteiger partial charge in [0.25, 0.3) is 5.91 Å². The van der Waals surface area contributed by atoms with Crippen LogP contribution in [0.15, 0.2) is 36.5 Å². The summed E-state index contributed by atoms with van der Waals surface area (Å²) < 4.78 is 2.22. The number of aryl methyl sites for hydroxylation is 2. The summed E-state index contributed by atoms with van der Waals surface area (Å²) in [6.45, 7) is 8.88. The van der Waals surface area contributed by atoms with E-state index in [2.05, 4.69) is 43.8 Å². The van der Waals surface area contributed by atoms with Crippen LogP contribution in [0, 0.1) is 6.92 Å². The highest BCUT2D eigenvalue weighted by Crippen LogP contribution is 2.27. The number of carbonyl (C=O) groups excluding carboxylic acids is 1. The van der Waals surface area contributed by atoms with E-state index in [0.717, 1.165) is 73.2 Å². The van der Waals surface area contributed by atoms with Gasteiger partial charge in [-0.1, -0.05) is 18.6 Å². The second-order valence-electron chi connectivity index (χ2n) is 7.96. The van der Waals surface area contributed by atoms with Gasteiger partial charge in [-0.15, -0.1) is 10.2 Å². The fourth-order valence-corrected chi connectivity index (χ4v) is 4.04. The van der Waals surface area contributed by atoms with E-state index in [4.69, 9.17) is 0 Å². The molecule has 1 aromatic carbocycles. The highest BCUT2D eigenvalue weighted by Gasteiger charge is 2.17. The first-order valence-corrected chi connectivity index (χ1v) is 11.2. The zero-order valence-corrected chi connectivity index (χ0v) is 18.6. The number of hydrogen-bond donors (Lipinski definition) is 1. The predicted molar refractivity (Wildman–Crippen MR) is 124 cm³/mol. The molecule has 162 valence electrons. The van der Waals surface area contributed by atoms with Crippen LogP contribution in [0.3, 0.4) is 0 Å². The SMILES string of the molecule is CCN(CC)c1ccc(C(=O)Nc2cc(-c3nnc4n3CCCCC4)ccc2C)cn1. The lowest BCUT2D eigenvalue weighted by Crippen LogP contribution is -2.23. The minimum Gasteiger partial charge on any atom is -0.357 e. The van der Waals surface area contributed by atoms with E-state index in [-0.39, 0.29) is 5.91 Å².